The van der Waals surface area contributed by atoms with E-state index in [1.165, 1.54) is 11.1 Å². The Morgan fingerprint density at radius 1 is 1.03 bits per heavy atom. The first-order valence-corrected chi connectivity index (χ1v) is 13.5. The SMILES string of the molecule is CCN1CCC(COc2ccc3c(c2)OCCN(CC(O)CN2CCc4ccccc4C2)C3=O)CC1. The number of β-amino-alcohol motifs (C(OH)–C–C–N with tert-alkyl or cyclic N) is 1. The maximum atomic E-state index is 13.3. The topological polar surface area (TPSA) is 65.5 Å². The van der Waals surface area contributed by atoms with Crippen LogP contribution in [0.1, 0.15) is 41.3 Å². The van der Waals surface area contributed by atoms with Gasteiger partial charge in [-0.1, -0.05) is 31.2 Å². The van der Waals surface area contributed by atoms with Gasteiger partial charge in [0.15, 0.2) is 0 Å². The average Bonchev–Trinajstić information content (AvgIpc) is 3.05. The van der Waals surface area contributed by atoms with E-state index in [9.17, 15) is 9.90 Å². The molecule has 194 valence electrons. The maximum absolute atomic E-state index is 13.3. The number of aliphatic hydroxyl groups is 1. The molecular formula is C29H39N3O4. The number of fused-ring (bicyclic) bond motifs is 2. The van der Waals surface area contributed by atoms with Crippen molar-refractivity contribution >= 4 is 5.91 Å². The molecule has 0 radical (unpaired) electrons. The Balaban J connectivity index is 1.14. The zero-order valence-electron chi connectivity index (χ0n) is 21.4. The fraction of sp³-hybridized carbons (Fsp3) is 0.552. The number of benzene rings is 2. The van der Waals surface area contributed by atoms with E-state index < -0.39 is 6.10 Å². The number of carbonyl (C=O) groups excluding carboxylic acids is 1. The normalized spacial score (nSPS) is 20.3. The predicted octanol–water partition coefficient (Wildman–Crippen LogP) is 3.05. The lowest BCUT2D eigenvalue weighted by atomic mass is 9.98. The lowest BCUT2D eigenvalue weighted by Gasteiger charge is -2.32. The van der Waals surface area contributed by atoms with E-state index in [0.29, 0.717) is 50.1 Å². The molecule has 0 spiro atoms. The molecule has 1 saturated heterocycles. The lowest BCUT2D eigenvalue weighted by Crippen LogP contribution is -2.44. The van der Waals surface area contributed by atoms with E-state index in [2.05, 4.69) is 41.0 Å². The minimum atomic E-state index is -0.609. The molecule has 3 heterocycles. The van der Waals surface area contributed by atoms with Gasteiger partial charge in [0, 0.05) is 32.2 Å². The number of aliphatic hydroxyl groups excluding tert-OH is 1. The summed E-state index contributed by atoms with van der Waals surface area (Å²) in [5.41, 5.74) is 3.26. The molecule has 2 aromatic carbocycles. The van der Waals surface area contributed by atoms with E-state index in [4.69, 9.17) is 9.47 Å². The van der Waals surface area contributed by atoms with Crippen molar-refractivity contribution < 1.29 is 19.4 Å². The Labute approximate surface area is 214 Å². The van der Waals surface area contributed by atoms with Crippen molar-refractivity contribution in [3.05, 3.63) is 59.2 Å². The standard InChI is InChI=1S/C29H39N3O4/c1-2-30-12-9-22(10-13-30)21-36-26-7-8-27-28(17-26)35-16-15-32(29(27)34)20-25(33)19-31-14-11-23-5-3-4-6-24(23)18-31/h3-8,17,22,25,33H,2,9-16,18-21H2,1H3. The van der Waals surface area contributed by atoms with Gasteiger partial charge in [0.1, 0.15) is 18.1 Å². The molecule has 5 rings (SSSR count). The fourth-order valence-corrected chi connectivity index (χ4v) is 5.60. The van der Waals surface area contributed by atoms with Crippen LogP contribution < -0.4 is 9.47 Å². The molecule has 7 nitrogen and oxygen atoms in total. The molecule has 0 bridgehead atoms. The Bertz CT molecular complexity index is 1040. The van der Waals surface area contributed by atoms with Crippen LogP contribution in [-0.2, 0) is 13.0 Å². The van der Waals surface area contributed by atoms with Crippen LogP contribution in [0.2, 0.25) is 0 Å². The summed E-state index contributed by atoms with van der Waals surface area (Å²) >= 11 is 0. The summed E-state index contributed by atoms with van der Waals surface area (Å²) in [5, 5.41) is 10.8. The van der Waals surface area contributed by atoms with Crippen LogP contribution >= 0.6 is 0 Å². The number of hydrogen-bond donors (Lipinski definition) is 1. The quantitative estimate of drug-likeness (QED) is 0.610. The number of hydrogen-bond acceptors (Lipinski definition) is 6. The van der Waals surface area contributed by atoms with Gasteiger partial charge >= 0.3 is 0 Å². The van der Waals surface area contributed by atoms with Gasteiger partial charge in [0.2, 0.25) is 0 Å². The lowest BCUT2D eigenvalue weighted by molar-refractivity contribution is 0.0501. The second-order valence-corrected chi connectivity index (χ2v) is 10.4. The van der Waals surface area contributed by atoms with Gasteiger partial charge in [-0.25, -0.2) is 0 Å². The zero-order valence-corrected chi connectivity index (χ0v) is 21.4. The van der Waals surface area contributed by atoms with Crippen LogP contribution in [0.3, 0.4) is 0 Å². The van der Waals surface area contributed by atoms with Crippen LogP contribution in [0, 0.1) is 5.92 Å². The first-order valence-electron chi connectivity index (χ1n) is 13.5. The van der Waals surface area contributed by atoms with Crippen molar-refractivity contribution in [3.8, 4) is 11.5 Å². The highest BCUT2D eigenvalue weighted by atomic mass is 16.5. The number of nitrogens with zero attached hydrogens (tertiary/aromatic N) is 3. The molecule has 1 fully saturated rings. The summed E-state index contributed by atoms with van der Waals surface area (Å²) in [6.45, 7) is 9.78. The van der Waals surface area contributed by atoms with Crippen molar-refractivity contribution in [2.75, 3.05) is 59.0 Å². The molecule has 0 saturated carbocycles. The number of piperidine rings is 1. The number of ether oxygens (including phenoxy) is 2. The van der Waals surface area contributed by atoms with E-state index in [1.807, 2.05) is 12.1 Å². The third-order valence-corrected chi connectivity index (χ3v) is 7.84. The molecule has 3 aliphatic rings. The van der Waals surface area contributed by atoms with E-state index in [-0.39, 0.29) is 5.91 Å². The maximum Gasteiger partial charge on any atom is 0.257 e. The first-order chi connectivity index (χ1) is 17.6. The molecular weight excluding hydrogens is 454 g/mol. The van der Waals surface area contributed by atoms with Crippen molar-refractivity contribution in [2.45, 2.75) is 38.8 Å². The number of amides is 1. The Morgan fingerprint density at radius 2 is 1.83 bits per heavy atom. The molecule has 1 unspecified atom stereocenters. The molecule has 0 aliphatic carbocycles. The smallest absolute Gasteiger partial charge is 0.257 e. The van der Waals surface area contributed by atoms with Gasteiger partial charge < -0.3 is 24.4 Å². The molecule has 1 atom stereocenters. The third kappa shape index (κ3) is 6.02. The van der Waals surface area contributed by atoms with Crippen LogP contribution in [0.25, 0.3) is 0 Å². The number of carbonyl (C=O) groups is 1. The van der Waals surface area contributed by atoms with Gasteiger partial charge in [-0.05, 0) is 68.1 Å². The Hall–Kier alpha value is -2.61. The minimum absolute atomic E-state index is 0.0935. The molecule has 0 aromatic heterocycles. The summed E-state index contributed by atoms with van der Waals surface area (Å²) in [4.78, 5) is 19.8. The highest BCUT2D eigenvalue weighted by Crippen LogP contribution is 2.29. The predicted molar refractivity (Wildman–Crippen MR) is 140 cm³/mol. The molecule has 7 heteroatoms. The highest BCUT2D eigenvalue weighted by Gasteiger charge is 2.27. The van der Waals surface area contributed by atoms with Gasteiger partial charge in [0.05, 0.1) is 24.8 Å². The fourth-order valence-electron chi connectivity index (χ4n) is 5.60. The van der Waals surface area contributed by atoms with Crippen LogP contribution in [0.4, 0.5) is 0 Å². The summed E-state index contributed by atoms with van der Waals surface area (Å²) < 4.78 is 12.0. The summed E-state index contributed by atoms with van der Waals surface area (Å²) in [6.07, 6.45) is 2.71. The van der Waals surface area contributed by atoms with Crippen LogP contribution in [0.15, 0.2) is 42.5 Å². The van der Waals surface area contributed by atoms with E-state index in [1.54, 1.807) is 11.0 Å². The largest absolute Gasteiger partial charge is 0.493 e. The summed E-state index contributed by atoms with van der Waals surface area (Å²) in [7, 11) is 0. The Morgan fingerprint density at radius 3 is 2.64 bits per heavy atom. The molecule has 2 aromatic rings. The monoisotopic (exact) mass is 493 g/mol. The number of likely N-dealkylation sites (tertiary alicyclic amines) is 1. The van der Waals surface area contributed by atoms with Gasteiger partial charge in [-0.3, -0.25) is 9.69 Å². The van der Waals surface area contributed by atoms with Crippen molar-refractivity contribution in [3.63, 3.8) is 0 Å². The zero-order chi connectivity index (χ0) is 24.9. The number of rotatable bonds is 8. The van der Waals surface area contributed by atoms with E-state index in [0.717, 1.165) is 57.7 Å². The first kappa shape index (κ1) is 25.1. The summed E-state index contributed by atoms with van der Waals surface area (Å²) in [5.74, 6) is 1.80. The van der Waals surface area contributed by atoms with Crippen LogP contribution in [-0.4, -0.2) is 90.8 Å². The minimum Gasteiger partial charge on any atom is -0.493 e. The Kier molecular flexibility index (Phi) is 8.09. The van der Waals surface area contributed by atoms with Crippen LogP contribution in [0.5, 0.6) is 11.5 Å². The molecule has 1 amide bonds. The summed E-state index contributed by atoms with van der Waals surface area (Å²) in [6, 6.07) is 14.0. The second kappa shape index (κ2) is 11.6. The van der Waals surface area contributed by atoms with Gasteiger partial charge in [-0.2, -0.15) is 0 Å². The van der Waals surface area contributed by atoms with Crippen molar-refractivity contribution in [1.29, 1.82) is 0 Å². The van der Waals surface area contributed by atoms with Crippen molar-refractivity contribution in [1.82, 2.24) is 14.7 Å². The van der Waals surface area contributed by atoms with Gasteiger partial charge in [-0.15, -0.1) is 0 Å². The molecule has 3 aliphatic heterocycles. The third-order valence-electron chi connectivity index (χ3n) is 7.84. The molecule has 1 N–H and O–H groups in total. The molecule has 36 heavy (non-hydrogen) atoms. The van der Waals surface area contributed by atoms with Crippen molar-refractivity contribution in [2.24, 2.45) is 5.92 Å². The van der Waals surface area contributed by atoms with Gasteiger partial charge in [0.25, 0.3) is 5.91 Å². The second-order valence-electron chi connectivity index (χ2n) is 10.4. The average molecular weight is 494 g/mol. The van der Waals surface area contributed by atoms with E-state index >= 15 is 0 Å². The highest BCUT2D eigenvalue weighted by molar-refractivity contribution is 5.97.